The zero-order valence-corrected chi connectivity index (χ0v) is 18.6. The molecule has 3 heterocycles. The van der Waals surface area contributed by atoms with Gasteiger partial charge < -0.3 is 20.1 Å². The summed E-state index contributed by atoms with van der Waals surface area (Å²) in [6.07, 6.45) is 1.07. The van der Waals surface area contributed by atoms with Crippen LogP contribution in [0.25, 0.3) is 0 Å². The number of rotatable bonds is 7. The summed E-state index contributed by atoms with van der Waals surface area (Å²) in [6.45, 7) is 5.67. The minimum absolute atomic E-state index is 0.0367. The van der Waals surface area contributed by atoms with Crippen LogP contribution in [-0.4, -0.2) is 72.4 Å². The van der Waals surface area contributed by atoms with Crippen LogP contribution in [0.2, 0.25) is 5.02 Å². The van der Waals surface area contributed by atoms with E-state index in [0.717, 1.165) is 25.2 Å². The van der Waals surface area contributed by atoms with Gasteiger partial charge in [-0.15, -0.1) is 0 Å². The SMILES string of the molecule is O=[N+]([O-])c1ccc(N2CCC(O)(c3ccc(Cl)cc3)CC2)nc1NCCN1CCOCC1. The number of nitrogens with one attached hydrogen (secondary N) is 1. The lowest BCUT2D eigenvalue weighted by Gasteiger charge is -2.39. The molecule has 2 aromatic rings. The molecule has 9 nitrogen and oxygen atoms in total. The Morgan fingerprint density at radius 2 is 1.81 bits per heavy atom. The molecule has 2 fully saturated rings. The fourth-order valence-corrected chi connectivity index (χ4v) is 4.33. The summed E-state index contributed by atoms with van der Waals surface area (Å²) in [6, 6.07) is 10.5. The molecule has 2 aliphatic heterocycles. The summed E-state index contributed by atoms with van der Waals surface area (Å²) < 4.78 is 5.35. The number of piperidine rings is 1. The first-order valence-corrected chi connectivity index (χ1v) is 11.3. The maximum atomic E-state index is 11.5. The van der Waals surface area contributed by atoms with Crippen LogP contribution >= 0.6 is 11.6 Å². The van der Waals surface area contributed by atoms with Crippen LogP contribution in [0.15, 0.2) is 36.4 Å². The van der Waals surface area contributed by atoms with Crippen molar-refractivity contribution in [1.29, 1.82) is 0 Å². The van der Waals surface area contributed by atoms with Gasteiger partial charge in [0.15, 0.2) is 0 Å². The molecule has 4 rings (SSSR count). The van der Waals surface area contributed by atoms with Crippen molar-refractivity contribution in [1.82, 2.24) is 9.88 Å². The van der Waals surface area contributed by atoms with Crippen LogP contribution in [0.4, 0.5) is 17.3 Å². The molecule has 0 unspecified atom stereocenters. The Bertz CT molecular complexity index is 928. The van der Waals surface area contributed by atoms with Crippen LogP contribution in [0.3, 0.4) is 0 Å². The maximum Gasteiger partial charge on any atom is 0.311 e. The van der Waals surface area contributed by atoms with Gasteiger partial charge in [0.05, 0.1) is 23.7 Å². The summed E-state index contributed by atoms with van der Waals surface area (Å²) >= 11 is 5.97. The van der Waals surface area contributed by atoms with E-state index in [1.54, 1.807) is 18.2 Å². The van der Waals surface area contributed by atoms with E-state index in [4.69, 9.17) is 16.3 Å². The smallest absolute Gasteiger partial charge is 0.311 e. The van der Waals surface area contributed by atoms with Crippen LogP contribution < -0.4 is 10.2 Å². The molecule has 32 heavy (non-hydrogen) atoms. The van der Waals surface area contributed by atoms with Gasteiger partial charge in [0.2, 0.25) is 5.82 Å². The van der Waals surface area contributed by atoms with E-state index in [1.807, 2.05) is 12.1 Å². The Balaban J connectivity index is 1.41. The molecule has 0 saturated carbocycles. The Kier molecular flexibility index (Phi) is 7.10. The normalized spacial score (nSPS) is 19.0. The third-order valence-electron chi connectivity index (χ3n) is 6.18. The summed E-state index contributed by atoms with van der Waals surface area (Å²) in [7, 11) is 0. The van der Waals surface area contributed by atoms with Crippen molar-refractivity contribution in [2.45, 2.75) is 18.4 Å². The summed E-state index contributed by atoms with van der Waals surface area (Å²) in [5.74, 6) is 0.946. The van der Waals surface area contributed by atoms with E-state index in [-0.39, 0.29) is 11.5 Å². The Morgan fingerprint density at radius 1 is 1.12 bits per heavy atom. The second kappa shape index (κ2) is 9.99. The summed E-state index contributed by atoms with van der Waals surface area (Å²) in [5, 5.41) is 26.4. The molecule has 0 spiro atoms. The molecule has 0 atom stereocenters. The number of nitro groups is 1. The van der Waals surface area contributed by atoms with Gasteiger partial charge in [0, 0.05) is 50.4 Å². The standard InChI is InChI=1S/C22H28ClN5O4/c23-18-3-1-17(2-4-18)22(29)7-10-27(11-8-22)20-6-5-19(28(30)31)21(25-20)24-9-12-26-13-15-32-16-14-26/h1-6,29H,7-16H2,(H,24,25). The molecule has 10 heteroatoms. The summed E-state index contributed by atoms with van der Waals surface area (Å²) in [4.78, 5) is 19.9. The Hall–Kier alpha value is -2.46. The molecular weight excluding hydrogens is 434 g/mol. The van der Waals surface area contributed by atoms with Crippen molar-refractivity contribution in [3.63, 3.8) is 0 Å². The molecule has 2 N–H and O–H groups in total. The van der Waals surface area contributed by atoms with Gasteiger partial charge in [-0.3, -0.25) is 15.0 Å². The monoisotopic (exact) mass is 461 g/mol. The number of pyridine rings is 1. The number of hydrogen-bond donors (Lipinski definition) is 2. The first-order valence-electron chi connectivity index (χ1n) is 10.9. The van der Waals surface area contributed by atoms with Crippen molar-refractivity contribution in [2.24, 2.45) is 0 Å². The topological polar surface area (TPSA) is 104 Å². The van der Waals surface area contributed by atoms with Crippen molar-refractivity contribution in [3.05, 3.63) is 57.1 Å². The second-order valence-corrected chi connectivity index (χ2v) is 8.64. The van der Waals surface area contributed by atoms with Crippen LogP contribution in [0, 0.1) is 10.1 Å². The van der Waals surface area contributed by atoms with Gasteiger partial charge in [0.25, 0.3) is 0 Å². The van der Waals surface area contributed by atoms with E-state index < -0.39 is 10.5 Å². The maximum absolute atomic E-state index is 11.5. The zero-order valence-electron chi connectivity index (χ0n) is 17.9. The molecule has 0 amide bonds. The fourth-order valence-electron chi connectivity index (χ4n) is 4.21. The van der Waals surface area contributed by atoms with Crippen molar-refractivity contribution in [2.75, 3.05) is 62.7 Å². The highest BCUT2D eigenvalue weighted by molar-refractivity contribution is 6.30. The van der Waals surface area contributed by atoms with Gasteiger partial charge in [-0.2, -0.15) is 0 Å². The highest BCUT2D eigenvalue weighted by atomic mass is 35.5. The predicted octanol–water partition coefficient (Wildman–Crippen LogP) is 2.88. The number of nitrogens with zero attached hydrogens (tertiary/aromatic N) is 4. The lowest BCUT2D eigenvalue weighted by atomic mass is 9.84. The minimum atomic E-state index is -0.916. The molecule has 1 aromatic carbocycles. The first-order chi connectivity index (χ1) is 15.4. The lowest BCUT2D eigenvalue weighted by Crippen LogP contribution is -2.43. The quantitative estimate of drug-likeness (QED) is 0.479. The molecular formula is C22H28ClN5O4. The van der Waals surface area contributed by atoms with Crippen molar-refractivity contribution in [3.8, 4) is 0 Å². The van der Waals surface area contributed by atoms with Crippen LogP contribution in [0.5, 0.6) is 0 Å². The van der Waals surface area contributed by atoms with E-state index in [1.165, 1.54) is 6.07 Å². The van der Waals surface area contributed by atoms with Crippen molar-refractivity contribution < 1.29 is 14.8 Å². The molecule has 0 aliphatic carbocycles. The third kappa shape index (κ3) is 5.29. The highest BCUT2D eigenvalue weighted by Gasteiger charge is 2.34. The van der Waals surface area contributed by atoms with Crippen molar-refractivity contribution >= 4 is 28.9 Å². The van der Waals surface area contributed by atoms with E-state index >= 15 is 0 Å². The number of benzene rings is 1. The first kappa shape index (κ1) is 22.7. The fraction of sp³-hybridized carbons (Fsp3) is 0.500. The molecule has 0 radical (unpaired) electrons. The zero-order chi connectivity index (χ0) is 22.6. The molecule has 172 valence electrons. The number of morpholine rings is 1. The van der Waals surface area contributed by atoms with Crippen LogP contribution in [-0.2, 0) is 10.3 Å². The minimum Gasteiger partial charge on any atom is -0.385 e. The number of ether oxygens (including phenoxy) is 1. The average molecular weight is 462 g/mol. The average Bonchev–Trinajstić information content (AvgIpc) is 2.80. The van der Waals surface area contributed by atoms with Gasteiger partial charge in [-0.25, -0.2) is 4.98 Å². The third-order valence-corrected chi connectivity index (χ3v) is 6.43. The molecule has 2 aliphatic rings. The Morgan fingerprint density at radius 3 is 2.47 bits per heavy atom. The molecule has 2 saturated heterocycles. The highest BCUT2D eigenvalue weighted by Crippen LogP contribution is 2.35. The van der Waals surface area contributed by atoms with Gasteiger partial charge >= 0.3 is 5.69 Å². The number of hydrogen-bond acceptors (Lipinski definition) is 8. The predicted molar refractivity (Wildman–Crippen MR) is 123 cm³/mol. The number of anilines is 2. The van der Waals surface area contributed by atoms with Gasteiger partial charge in [-0.05, 0) is 36.6 Å². The molecule has 0 bridgehead atoms. The number of aliphatic hydroxyl groups is 1. The number of halogens is 1. The largest absolute Gasteiger partial charge is 0.385 e. The summed E-state index contributed by atoms with van der Waals surface area (Å²) in [5.41, 5.74) is -0.102. The molecule has 1 aromatic heterocycles. The van der Waals surface area contributed by atoms with Crippen LogP contribution in [0.1, 0.15) is 18.4 Å². The van der Waals surface area contributed by atoms with E-state index in [9.17, 15) is 15.2 Å². The second-order valence-electron chi connectivity index (χ2n) is 8.20. The number of aromatic nitrogens is 1. The Labute approximate surface area is 192 Å². The van der Waals surface area contributed by atoms with E-state index in [0.29, 0.717) is 56.5 Å². The van der Waals surface area contributed by atoms with Gasteiger partial charge in [-0.1, -0.05) is 23.7 Å². The van der Waals surface area contributed by atoms with Gasteiger partial charge in [0.1, 0.15) is 5.82 Å². The van der Waals surface area contributed by atoms with E-state index in [2.05, 4.69) is 20.1 Å². The lowest BCUT2D eigenvalue weighted by molar-refractivity contribution is -0.384.